The van der Waals surface area contributed by atoms with E-state index < -0.39 is 0 Å². The lowest BCUT2D eigenvalue weighted by Crippen LogP contribution is -2.19. The average molecular weight is 223 g/mol. The molecule has 2 N–H and O–H groups in total. The molecule has 0 fully saturated rings. The second kappa shape index (κ2) is 6.04. The molecule has 0 aliphatic carbocycles. The molecule has 0 radical (unpaired) electrons. The molecule has 16 heavy (non-hydrogen) atoms. The molecule has 1 rings (SSSR count). The van der Waals surface area contributed by atoms with Crippen molar-refractivity contribution in [3.05, 3.63) is 17.0 Å². The molecule has 1 unspecified atom stereocenters. The zero-order valence-corrected chi connectivity index (χ0v) is 11.1. The first kappa shape index (κ1) is 13.2. The topological polar surface area (TPSA) is 43.8 Å². The van der Waals surface area contributed by atoms with Gasteiger partial charge in [-0.1, -0.05) is 13.8 Å². The molecule has 92 valence electrons. The second-order valence-corrected chi connectivity index (χ2v) is 4.54. The third-order valence-electron chi connectivity index (χ3n) is 3.35. The first-order valence-electron chi connectivity index (χ1n) is 6.38. The molecule has 0 aliphatic heterocycles. The predicted molar refractivity (Wildman–Crippen MR) is 68.6 cm³/mol. The van der Waals surface area contributed by atoms with E-state index in [0.717, 1.165) is 32.2 Å². The molecule has 3 nitrogen and oxygen atoms in total. The Labute approximate surface area is 99.0 Å². The van der Waals surface area contributed by atoms with Crippen molar-refractivity contribution in [2.45, 2.75) is 66.0 Å². The van der Waals surface area contributed by atoms with Crippen molar-refractivity contribution in [2.75, 3.05) is 0 Å². The Balaban J connectivity index is 2.54. The number of rotatable bonds is 6. The van der Waals surface area contributed by atoms with Crippen molar-refractivity contribution in [3.8, 4) is 0 Å². The Morgan fingerprint density at radius 2 is 2.00 bits per heavy atom. The van der Waals surface area contributed by atoms with Gasteiger partial charge in [0.25, 0.3) is 0 Å². The first-order chi connectivity index (χ1) is 7.60. The molecule has 0 saturated heterocycles. The Bertz CT molecular complexity index is 328. The van der Waals surface area contributed by atoms with Crippen LogP contribution in [0.5, 0.6) is 0 Å². The fourth-order valence-corrected chi connectivity index (χ4v) is 2.17. The standard InChI is InChI=1S/C13H25N3/c1-5-12(14)8-7-9-16-11(4)13(6-2)10(3)15-16/h12H,5-9,14H2,1-4H3. The summed E-state index contributed by atoms with van der Waals surface area (Å²) in [5, 5.41) is 4.58. The SMILES string of the molecule is CCc1c(C)nn(CCCC(N)CC)c1C. The van der Waals surface area contributed by atoms with Crippen molar-refractivity contribution in [1.29, 1.82) is 0 Å². The largest absolute Gasteiger partial charge is 0.328 e. The maximum absolute atomic E-state index is 5.91. The summed E-state index contributed by atoms with van der Waals surface area (Å²) in [5.74, 6) is 0. The Morgan fingerprint density at radius 1 is 1.31 bits per heavy atom. The summed E-state index contributed by atoms with van der Waals surface area (Å²) >= 11 is 0. The second-order valence-electron chi connectivity index (χ2n) is 4.54. The van der Waals surface area contributed by atoms with E-state index in [-0.39, 0.29) is 0 Å². The number of nitrogens with two attached hydrogens (primary N) is 1. The van der Waals surface area contributed by atoms with Gasteiger partial charge in [0.2, 0.25) is 0 Å². The highest BCUT2D eigenvalue weighted by Crippen LogP contribution is 2.14. The first-order valence-corrected chi connectivity index (χ1v) is 6.38. The molecular weight excluding hydrogens is 198 g/mol. The van der Waals surface area contributed by atoms with Crippen LogP contribution in [0.25, 0.3) is 0 Å². The molecular formula is C13H25N3. The molecule has 0 amide bonds. The van der Waals surface area contributed by atoms with Crippen LogP contribution in [-0.4, -0.2) is 15.8 Å². The lowest BCUT2D eigenvalue weighted by molar-refractivity contribution is 0.494. The molecule has 1 aromatic heterocycles. The summed E-state index contributed by atoms with van der Waals surface area (Å²) in [6.07, 6.45) is 4.36. The third-order valence-corrected chi connectivity index (χ3v) is 3.35. The van der Waals surface area contributed by atoms with Crippen LogP contribution < -0.4 is 5.73 Å². The Morgan fingerprint density at radius 3 is 2.50 bits per heavy atom. The fourth-order valence-electron chi connectivity index (χ4n) is 2.17. The number of hydrogen-bond acceptors (Lipinski definition) is 2. The Hall–Kier alpha value is -0.830. The maximum Gasteiger partial charge on any atom is 0.0628 e. The van der Waals surface area contributed by atoms with Gasteiger partial charge in [0.15, 0.2) is 0 Å². The van der Waals surface area contributed by atoms with Crippen LogP contribution >= 0.6 is 0 Å². The number of aromatic nitrogens is 2. The van der Waals surface area contributed by atoms with Gasteiger partial charge < -0.3 is 5.73 Å². The predicted octanol–water partition coefficient (Wildman–Crippen LogP) is 2.58. The summed E-state index contributed by atoms with van der Waals surface area (Å²) in [7, 11) is 0. The number of hydrogen-bond donors (Lipinski definition) is 1. The van der Waals surface area contributed by atoms with Gasteiger partial charge in [0, 0.05) is 18.3 Å². The van der Waals surface area contributed by atoms with E-state index in [4.69, 9.17) is 5.73 Å². The highest BCUT2D eigenvalue weighted by Gasteiger charge is 2.09. The summed E-state index contributed by atoms with van der Waals surface area (Å²) in [6.45, 7) is 9.59. The number of aryl methyl sites for hydroxylation is 2. The van der Waals surface area contributed by atoms with Crippen LogP contribution in [0.15, 0.2) is 0 Å². The quantitative estimate of drug-likeness (QED) is 0.805. The highest BCUT2D eigenvalue weighted by atomic mass is 15.3. The summed E-state index contributed by atoms with van der Waals surface area (Å²) < 4.78 is 2.14. The van der Waals surface area contributed by atoms with Crippen LogP contribution in [0, 0.1) is 13.8 Å². The van der Waals surface area contributed by atoms with Gasteiger partial charge in [-0.05, 0) is 45.1 Å². The van der Waals surface area contributed by atoms with Crippen molar-refractivity contribution >= 4 is 0 Å². The molecule has 0 spiro atoms. The lowest BCUT2D eigenvalue weighted by Gasteiger charge is -2.09. The van der Waals surface area contributed by atoms with Crippen LogP contribution in [0.3, 0.4) is 0 Å². The van der Waals surface area contributed by atoms with Crippen molar-refractivity contribution in [3.63, 3.8) is 0 Å². The van der Waals surface area contributed by atoms with Crippen LogP contribution in [0.2, 0.25) is 0 Å². The van der Waals surface area contributed by atoms with Gasteiger partial charge >= 0.3 is 0 Å². The van der Waals surface area contributed by atoms with E-state index in [1.54, 1.807) is 0 Å². The van der Waals surface area contributed by atoms with E-state index >= 15 is 0 Å². The van der Waals surface area contributed by atoms with E-state index in [1.165, 1.54) is 17.0 Å². The van der Waals surface area contributed by atoms with Crippen LogP contribution in [0.1, 0.15) is 50.1 Å². The minimum atomic E-state index is 0.350. The molecule has 1 heterocycles. The highest BCUT2D eigenvalue weighted by molar-refractivity contribution is 5.24. The molecule has 0 saturated carbocycles. The van der Waals surface area contributed by atoms with Crippen molar-refractivity contribution in [2.24, 2.45) is 5.73 Å². The van der Waals surface area contributed by atoms with Gasteiger partial charge in [0.1, 0.15) is 0 Å². The van der Waals surface area contributed by atoms with E-state index in [9.17, 15) is 0 Å². The molecule has 0 aromatic carbocycles. The summed E-state index contributed by atoms with van der Waals surface area (Å²) in [6, 6.07) is 0.350. The average Bonchev–Trinajstić information content (AvgIpc) is 2.53. The van der Waals surface area contributed by atoms with Crippen molar-refractivity contribution < 1.29 is 0 Å². The molecule has 1 atom stereocenters. The lowest BCUT2D eigenvalue weighted by atomic mass is 10.1. The Kier molecular flexibility index (Phi) is 5.00. The van der Waals surface area contributed by atoms with Gasteiger partial charge in [-0.15, -0.1) is 0 Å². The maximum atomic E-state index is 5.91. The molecule has 0 aliphatic rings. The zero-order chi connectivity index (χ0) is 12.1. The zero-order valence-electron chi connectivity index (χ0n) is 11.1. The van der Waals surface area contributed by atoms with E-state index in [1.807, 2.05) is 0 Å². The van der Waals surface area contributed by atoms with Gasteiger partial charge in [-0.3, -0.25) is 4.68 Å². The van der Waals surface area contributed by atoms with Crippen LogP contribution in [-0.2, 0) is 13.0 Å². The normalized spacial score (nSPS) is 13.1. The monoisotopic (exact) mass is 223 g/mol. The minimum absolute atomic E-state index is 0.350. The molecule has 1 aromatic rings. The van der Waals surface area contributed by atoms with Crippen molar-refractivity contribution in [1.82, 2.24) is 9.78 Å². The summed E-state index contributed by atoms with van der Waals surface area (Å²) in [5.41, 5.74) is 9.81. The number of nitrogens with zero attached hydrogens (tertiary/aromatic N) is 2. The minimum Gasteiger partial charge on any atom is -0.328 e. The smallest absolute Gasteiger partial charge is 0.0628 e. The van der Waals surface area contributed by atoms with E-state index in [0.29, 0.717) is 6.04 Å². The molecule has 0 bridgehead atoms. The van der Waals surface area contributed by atoms with Gasteiger partial charge in [-0.2, -0.15) is 5.10 Å². The summed E-state index contributed by atoms with van der Waals surface area (Å²) in [4.78, 5) is 0. The van der Waals surface area contributed by atoms with Gasteiger partial charge in [-0.25, -0.2) is 0 Å². The third kappa shape index (κ3) is 3.08. The fraction of sp³-hybridized carbons (Fsp3) is 0.769. The van der Waals surface area contributed by atoms with E-state index in [2.05, 4.69) is 37.5 Å². The van der Waals surface area contributed by atoms with Crippen LogP contribution in [0.4, 0.5) is 0 Å². The van der Waals surface area contributed by atoms with Gasteiger partial charge in [0.05, 0.1) is 5.69 Å². The molecule has 3 heteroatoms.